The first-order valence-corrected chi connectivity index (χ1v) is 5.89. The fraction of sp³-hybridized carbons (Fsp3) is 0.583. The maximum absolute atomic E-state index is 11.5. The van der Waals surface area contributed by atoms with Crippen LogP contribution >= 0.6 is 0 Å². The highest BCUT2D eigenvalue weighted by atomic mass is 16.2. The topological polar surface area (TPSA) is 60.0 Å². The van der Waals surface area contributed by atoms with E-state index >= 15 is 0 Å². The van der Waals surface area contributed by atoms with Gasteiger partial charge in [0.25, 0.3) is 5.91 Å². The van der Waals surface area contributed by atoms with Crippen LogP contribution in [0.5, 0.6) is 0 Å². The molecule has 1 aromatic heterocycles. The molecule has 4 heteroatoms. The summed E-state index contributed by atoms with van der Waals surface area (Å²) in [5.41, 5.74) is 7.41. The van der Waals surface area contributed by atoms with Crippen molar-refractivity contribution in [1.82, 2.24) is 9.88 Å². The predicted molar refractivity (Wildman–Crippen MR) is 65.6 cm³/mol. The minimum atomic E-state index is 0.0198. The maximum Gasteiger partial charge on any atom is 0.267 e. The quantitative estimate of drug-likeness (QED) is 0.797. The van der Waals surface area contributed by atoms with Gasteiger partial charge in [-0.2, -0.15) is 0 Å². The molecule has 0 bridgehead atoms. The summed E-state index contributed by atoms with van der Waals surface area (Å²) in [6, 6.07) is 2.24. The Labute approximate surface area is 96.8 Å². The minimum absolute atomic E-state index is 0.0198. The molecule has 1 aliphatic rings. The highest BCUT2D eigenvalue weighted by molar-refractivity contribution is 5.93. The largest absolute Gasteiger partial charge is 0.349 e. The van der Waals surface area contributed by atoms with Crippen molar-refractivity contribution in [1.29, 1.82) is 0 Å². The molecule has 0 saturated heterocycles. The first kappa shape index (κ1) is 12.8. The lowest BCUT2D eigenvalue weighted by Crippen LogP contribution is -2.39. The highest BCUT2D eigenvalue weighted by Gasteiger charge is 2.23. The number of rotatable bonds is 2. The molecule has 0 radical (unpaired) electrons. The monoisotopic (exact) mass is 223 g/mol. The third-order valence-electron chi connectivity index (χ3n) is 2.61. The number of fused-ring (bicyclic) bond motifs is 1. The SMILES string of the molecule is CC.Cc1cc2n(c1)C(CCN)CNC2=O. The number of aromatic nitrogens is 1. The van der Waals surface area contributed by atoms with Crippen molar-refractivity contribution in [2.75, 3.05) is 13.1 Å². The van der Waals surface area contributed by atoms with Gasteiger partial charge in [0.05, 0.1) is 6.04 Å². The van der Waals surface area contributed by atoms with Crippen molar-refractivity contribution in [3.05, 3.63) is 23.5 Å². The third-order valence-corrected chi connectivity index (χ3v) is 2.61. The summed E-state index contributed by atoms with van der Waals surface area (Å²) < 4.78 is 2.04. The Morgan fingerprint density at radius 2 is 2.25 bits per heavy atom. The van der Waals surface area contributed by atoms with Crippen LogP contribution in [0.25, 0.3) is 0 Å². The standard InChI is InChI=1S/C10H15N3O.C2H6/c1-7-4-9-10(14)12-5-8(2-3-11)13(9)6-7;1-2/h4,6,8H,2-3,5,11H2,1H3,(H,12,14);1-2H3. The normalized spacial score (nSPS) is 18.2. The number of nitrogens with two attached hydrogens (primary N) is 1. The molecule has 1 aliphatic heterocycles. The summed E-state index contributed by atoms with van der Waals surface area (Å²) in [7, 11) is 0. The molecule has 0 fully saturated rings. The second-order valence-electron chi connectivity index (χ2n) is 3.75. The van der Waals surface area contributed by atoms with E-state index in [9.17, 15) is 4.79 Å². The van der Waals surface area contributed by atoms with Crippen LogP contribution in [-0.4, -0.2) is 23.6 Å². The Kier molecular flexibility index (Phi) is 4.55. The van der Waals surface area contributed by atoms with E-state index < -0.39 is 0 Å². The lowest BCUT2D eigenvalue weighted by molar-refractivity contribution is 0.0913. The summed E-state index contributed by atoms with van der Waals surface area (Å²) in [6.45, 7) is 7.34. The van der Waals surface area contributed by atoms with Crippen molar-refractivity contribution < 1.29 is 4.79 Å². The predicted octanol–water partition coefficient (Wildman–Crippen LogP) is 1.46. The van der Waals surface area contributed by atoms with Gasteiger partial charge in [-0.25, -0.2) is 0 Å². The molecule has 2 rings (SSSR count). The Morgan fingerprint density at radius 1 is 1.56 bits per heavy atom. The molecule has 4 nitrogen and oxygen atoms in total. The summed E-state index contributed by atoms with van der Waals surface area (Å²) in [4.78, 5) is 11.5. The number of carbonyl (C=O) groups is 1. The zero-order chi connectivity index (χ0) is 12.1. The first-order chi connectivity index (χ1) is 7.72. The van der Waals surface area contributed by atoms with Crippen LogP contribution in [0.15, 0.2) is 12.3 Å². The number of carbonyl (C=O) groups excluding carboxylic acids is 1. The summed E-state index contributed by atoms with van der Waals surface area (Å²) >= 11 is 0. The molecular weight excluding hydrogens is 202 g/mol. The molecule has 90 valence electrons. The summed E-state index contributed by atoms with van der Waals surface area (Å²) in [6.07, 6.45) is 2.93. The van der Waals surface area contributed by atoms with E-state index in [4.69, 9.17) is 5.73 Å². The van der Waals surface area contributed by atoms with Gasteiger partial charge in [0.2, 0.25) is 0 Å². The molecule has 1 amide bonds. The fourth-order valence-electron chi connectivity index (χ4n) is 1.93. The second kappa shape index (κ2) is 5.70. The fourth-order valence-corrected chi connectivity index (χ4v) is 1.93. The van der Waals surface area contributed by atoms with Gasteiger partial charge in [0.1, 0.15) is 5.69 Å². The summed E-state index contributed by atoms with van der Waals surface area (Å²) in [5, 5.41) is 2.87. The lowest BCUT2D eigenvalue weighted by Gasteiger charge is -2.25. The second-order valence-corrected chi connectivity index (χ2v) is 3.75. The van der Waals surface area contributed by atoms with Gasteiger partial charge in [-0.1, -0.05) is 13.8 Å². The molecule has 0 saturated carbocycles. The Hall–Kier alpha value is -1.29. The number of hydrogen-bond acceptors (Lipinski definition) is 2. The van der Waals surface area contributed by atoms with Gasteiger partial charge in [-0.05, 0) is 31.5 Å². The molecular formula is C12H21N3O. The van der Waals surface area contributed by atoms with E-state index in [1.165, 1.54) is 0 Å². The van der Waals surface area contributed by atoms with Crippen LogP contribution in [-0.2, 0) is 0 Å². The van der Waals surface area contributed by atoms with E-state index in [-0.39, 0.29) is 5.91 Å². The average Bonchev–Trinajstić information content (AvgIpc) is 2.68. The van der Waals surface area contributed by atoms with Crippen LogP contribution in [0.3, 0.4) is 0 Å². The van der Waals surface area contributed by atoms with Crippen LogP contribution in [0, 0.1) is 6.92 Å². The van der Waals surface area contributed by atoms with Crippen molar-refractivity contribution in [3.63, 3.8) is 0 Å². The first-order valence-electron chi connectivity index (χ1n) is 5.89. The third kappa shape index (κ3) is 2.44. The minimum Gasteiger partial charge on any atom is -0.349 e. The van der Waals surface area contributed by atoms with Gasteiger partial charge in [0, 0.05) is 12.7 Å². The Balaban J connectivity index is 0.000000606. The van der Waals surface area contributed by atoms with Gasteiger partial charge in [-0.3, -0.25) is 4.79 Å². The molecule has 3 N–H and O–H groups in total. The van der Waals surface area contributed by atoms with E-state index in [1.54, 1.807) is 0 Å². The Bertz CT molecular complexity index is 357. The van der Waals surface area contributed by atoms with Gasteiger partial charge in [0.15, 0.2) is 0 Å². The maximum atomic E-state index is 11.5. The van der Waals surface area contributed by atoms with E-state index in [0.717, 1.165) is 17.7 Å². The number of aryl methyl sites for hydroxylation is 1. The van der Waals surface area contributed by atoms with Crippen LogP contribution in [0.2, 0.25) is 0 Å². The van der Waals surface area contributed by atoms with E-state index in [1.807, 2.05) is 37.6 Å². The lowest BCUT2D eigenvalue weighted by atomic mass is 10.1. The zero-order valence-corrected chi connectivity index (χ0v) is 10.3. The van der Waals surface area contributed by atoms with E-state index in [0.29, 0.717) is 19.1 Å². The number of nitrogens with one attached hydrogen (secondary N) is 1. The molecule has 1 atom stereocenters. The molecule has 0 aliphatic carbocycles. The van der Waals surface area contributed by atoms with Crippen molar-refractivity contribution in [2.24, 2.45) is 5.73 Å². The Morgan fingerprint density at radius 3 is 2.88 bits per heavy atom. The van der Waals surface area contributed by atoms with Gasteiger partial charge >= 0.3 is 0 Å². The number of nitrogens with zero attached hydrogens (tertiary/aromatic N) is 1. The van der Waals surface area contributed by atoms with Crippen molar-refractivity contribution >= 4 is 5.91 Å². The number of amides is 1. The van der Waals surface area contributed by atoms with Crippen LogP contribution in [0.1, 0.15) is 42.4 Å². The van der Waals surface area contributed by atoms with Crippen molar-refractivity contribution in [2.45, 2.75) is 33.2 Å². The van der Waals surface area contributed by atoms with Gasteiger partial charge < -0.3 is 15.6 Å². The molecule has 0 spiro atoms. The number of hydrogen-bond donors (Lipinski definition) is 2. The van der Waals surface area contributed by atoms with Crippen LogP contribution < -0.4 is 11.1 Å². The molecule has 0 aromatic carbocycles. The van der Waals surface area contributed by atoms with Gasteiger partial charge in [-0.15, -0.1) is 0 Å². The summed E-state index contributed by atoms with van der Waals surface area (Å²) in [5.74, 6) is 0.0198. The molecule has 2 heterocycles. The van der Waals surface area contributed by atoms with Crippen LogP contribution in [0.4, 0.5) is 0 Å². The average molecular weight is 223 g/mol. The molecule has 1 aromatic rings. The molecule has 16 heavy (non-hydrogen) atoms. The van der Waals surface area contributed by atoms with E-state index in [2.05, 4.69) is 5.32 Å². The molecule has 1 unspecified atom stereocenters. The highest BCUT2D eigenvalue weighted by Crippen LogP contribution is 2.20. The van der Waals surface area contributed by atoms with Crippen molar-refractivity contribution in [3.8, 4) is 0 Å². The smallest absolute Gasteiger partial charge is 0.267 e. The zero-order valence-electron chi connectivity index (χ0n) is 10.3.